The Labute approximate surface area is 152 Å². The molecule has 0 aromatic heterocycles. The van der Waals surface area contributed by atoms with Gasteiger partial charge >= 0.3 is 0 Å². The summed E-state index contributed by atoms with van der Waals surface area (Å²) < 4.78 is 0. The first-order valence-corrected chi connectivity index (χ1v) is 8.02. The largest absolute Gasteiger partial charge is 0.395 e. The Kier molecular flexibility index (Phi) is 9.04. The average molecular weight is 358 g/mol. The Morgan fingerprint density at radius 2 is 1.60 bits per heavy atom. The third-order valence-electron chi connectivity index (χ3n) is 5.58. The van der Waals surface area contributed by atoms with Gasteiger partial charge in [0.15, 0.2) is 0 Å². The fourth-order valence-corrected chi connectivity index (χ4v) is 3.60. The number of rotatable bonds is 6. The number of β-amino-alcohol motifs (C(OH)–C–C–N with tert-alkyl or cyclic N) is 1. The molecule has 3 heteroatoms. The van der Waals surface area contributed by atoms with Crippen LogP contribution in [0.5, 0.6) is 0 Å². The third kappa shape index (κ3) is 6.03. The molecule has 0 bridgehead atoms. The van der Waals surface area contributed by atoms with Gasteiger partial charge in [-0.1, -0.05) is 41.5 Å². The molecule has 0 saturated carbocycles. The van der Waals surface area contributed by atoms with E-state index in [-0.39, 0.29) is 32.7 Å². The van der Waals surface area contributed by atoms with Crippen molar-refractivity contribution in [1.29, 1.82) is 0 Å². The van der Waals surface area contributed by atoms with E-state index in [0.717, 1.165) is 31.5 Å². The quantitative estimate of drug-likeness (QED) is 0.781. The van der Waals surface area contributed by atoms with Gasteiger partial charge in [0.25, 0.3) is 0 Å². The second kappa shape index (κ2) is 8.60. The number of hydrogen-bond donors (Lipinski definition) is 1. The van der Waals surface area contributed by atoms with Crippen LogP contribution in [0.4, 0.5) is 0 Å². The molecule has 1 saturated heterocycles. The maximum atomic E-state index is 9.02. The second-order valence-electron chi connectivity index (χ2n) is 8.15. The summed E-state index contributed by atoms with van der Waals surface area (Å²) in [7, 11) is 0. The molecule has 1 rings (SSSR count). The van der Waals surface area contributed by atoms with Gasteiger partial charge in [0, 0.05) is 39.3 Å². The number of hydrogen-bond acceptors (Lipinski definition) is 2. The Balaban J connectivity index is 0.00000361. The number of likely N-dealkylation sites (tertiary alicyclic amines) is 1. The SMILES string of the molecule is CC(C)C(C)(C)CC(C)(C)C1CCN(CCO)CC1.[Y]. The monoisotopic (exact) mass is 358 g/mol. The van der Waals surface area contributed by atoms with E-state index >= 15 is 0 Å². The van der Waals surface area contributed by atoms with Crippen LogP contribution in [-0.2, 0) is 32.7 Å². The molecular weight excluding hydrogens is 323 g/mol. The zero-order valence-electron chi connectivity index (χ0n) is 14.6. The number of aliphatic hydroxyl groups is 1. The minimum absolute atomic E-state index is 0. The van der Waals surface area contributed by atoms with Crippen molar-refractivity contribution in [3.63, 3.8) is 0 Å². The molecule has 0 atom stereocenters. The van der Waals surface area contributed by atoms with Crippen molar-refractivity contribution in [3.8, 4) is 0 Å². The van der Waals surface area contributed by atoms with Crippen LogP contribution in [0, 0.1) is 22.7 Å². The minimum atomic E-state index is 0. The van der Waals surface area contributed by atoms with Crippen LogP contribution in [0.15, 0.2) is 0 Å². The smallest absolute Gasteiger partial charge is 0.0558 e. The molecule has 1 N–H and O–H groups in total. The van der Waals surface area contributed by atoms with Gasteiger partial charge < -0.3 is 10.0 Å². The van der Waals surface area contributed by atoms with Crippen LogP contribution < -0.4 is 0 Å². The maximum Gasteiger partial charge on any atom is 0.0558 e. The van der Waals surface area contributed by atoms with Crippen LogP contribution in [0.2, 0.25) is 0 Å². The molecule has 1 heterocycles. The number of piperidine rings is 1. The van der Waals surface area contributed by atoms with Crippen LogP contribution in [0.25, 0.3) is 0 Å². The molecule has 0 unspecified atom stereocenters. The van der Waals surface area contributed by atoms with Gasteiger partial charge in [-0.05, 0) is 55.0 Å². The molecule has 0 spiro atoms. The van der Waals surface area contributed by atoms with Crippen LogP contribution in [-0.4, -0.2) is 36.2 Å². The van der Waals surface area contributed by atoms with Crippen molar-refractivity contribution in [2.24, 2.45) is 22.7 Å². The van der Waals surface area contributed by atoms with Gasteiger partial charge in [-0.3, -0.25) is 0 Å². The molecule has 0 amide bonds. The van der Waals surface area contributed by atoms with Crippen molar-refractivity contribution >= 4 is 0 Å². The summed E-state index contributed by atoms with van der Waals surface area (Å²) >= 11 is 0. The van der Waals surface area contributed by atoms with Gasteiger partial charge in [0.2, 0.25) is 0 Å². The molecule has 0 aliphatic carbocycles. The van der Waals surface area contributed by atoms with Crippen LogP contribution in [0.1, 0.15) is 60.8 Å². The summed E-state index contributed by atoms with van der Waals surface area (Å²) in [4.78, 5) is 2.40. The molecule has 117 valence electrons. The summed E-state index contributed by atoms with van der Waals surface area (Å²) in [6.45, 7) is 17.9. The first-order valence-electron chi connectivity index (χ1n) is 8.02. The fraction of sp³-hybridized carbons (Fsp3) is 1.00. The summed E-state index contributed by atoms with van der Waals surface area (Å²) in [5, 5.41) is 9.02. The maximum absolute atomic E-state index is 9.02. The molecule has 1 fully saturated rings. The Bertz CT molecular complexity index is 268. The molecule has 0 aromatic carbocycles. The zero-order valence-corrected chi connectivity index (χ0v) is 17.4. The fourth-order valence-electron chi connectivity index (χ4n) is 3.60. The third-order valence-corrected chi connectivity index (χ3v) is 5.58. The predicted octanol–water partition coefficient (Wildman–Crippen LogP) is 3.79. The van der Waals surface area contributed by atoms with Gasteiger partial charge in [-0.2, -0.15) is 0 Å². The van der Waals surface area contributed by atoms with Gasteiger partial charge in [-0.25, -0.2) is 0 Å². The van der Waals surface area contributed by atoms with E-state index in [1.165, 1.54) is 19.3 Å². The van der Waals surface area contributed by atoms with Gasteiger partial charge in [-0.15, -0.1) is 0 Å². The van der Waals surface area contributed by atoms with Crippen molar-refractivity contribution in [3.05, 3.63) is 0 Å². The molecular formula is C17H35NOY. The molecule has 1 aliphatic heterocycles. The standard InChI is InChI=1S/C17H35NO.Y/c1-14(2)16(3,4)13-17(5,6)15-7-9-18(10-8-15)11-12-19;/h14-15,19H,7-13H2,1-6H3;. The zero-order chi connectivity index (χ0) is 14.7. The van der Waals surface area contributed by atoms with Crippen LogP contribution in [0.3, 0.4) is 0 Å². The Hall–Kier alpha value is 1.02. The predicted molar refractivity (Wildman–Crippen MR) is 83.3 cm³/mol. The summed E-state index contributed by atoms with van der Waals surface area (Å²) in [6.07, 6.45) is 3.89. The molecule has 1 aliphatic rings. The van der Waals surface area contributed by atoms with Crippen LogP contribution >= 0.6 is 0 Å². The first kappa shape index (κ1) is 21.0. The van der Waals surface area contributed by atoms with E-state index in [0.29, 0.717) is 17.4 Å². The van der Waals surface area contributed by atoms with Gasteiger partial charge in [0.05, 0.1) is 6.61 Å². The molecule has 20 heavy (non-hydrogen) atoms. The molecule has 2 nitrogen and oxygen atoms in total. The van der Waals surface area contributed by atoms with E-state index < -0.39 is 0 Å². The van der Waals surface area contributed by atoms with Crippen molar-refractivity contribution in [2.45, 2.75) is 60.8 Å². The summed E-state index contributed by atoms with van der Waals surface area (Å²) in [5.74, 6) is 1.57. The summed E-state index contributed by atoms with van der Waals surface area (Å²) in [5.41, 5.74) is 0.852. The number of aliphatic hydroxyl groups excluding tert-OH is 1. The Morgan fingerprint density at radius 1 is 1.10 bits per heavy atom. The van der Waals surface area contributed by atoms with E-state index in [2.05, 4.69) is 46.4 Å². The average Bonchev–Trinajstić information content (AvgIpc) is 2.28. The van der Waals surface area contributed by atoms with Crippen molar-refractivity contribution in [2.75, 3.05) is 26.2 Å². The minimum Gasteiger partial charge on any atom is -0.395 e. The van der Waals surface area contributed by atoms with Gasteiger partial charge in [0.1, 0.15) is 0 Å². The second-order valence-corrected chi connectivity index (χ2v) is 8.15. The van der Waals surface area contributed by atoms with Crippen molar-refractivity contribution in [1.82, 2.24) is 4.90 Å². The van der Waals surface area contributed by atoms with E-state index in [1.54, 1.807) is 0 Å². The molecule has 1 radical (unpaired) electrons. The molecule has 0 aromatic rings. The van der Waals surface area contributed by atoms with E-state index in [9.17, 15) is 0 Å². The summed E-state index contributed by atoms with van der Waals surface area (Å²) in [6, 6.07) is 0. The van der Waals surface area contributed by atoms with E-state index in [4.69, 9.17) is 5.11 Å². The number of nitrogens with zero attached hydrogens (tertiary/aromatic N) is 1. The first-order chi connectivity index (χ1) is 8.69. The van der Waals surface area contributed by atoms with E-state index in [1.807, 2.05) is 0 Å². The normalized spacial score (nSPS) is 19.2. The topological polar surface area (TPSA) is 23.5 Å². The van der Waals surface area contributed by atoms with Crippen molar-refractivity contribution < 1.29 is 37.8 Å². The Morgan fingerprint density at radius 3 is 2.00 bits per heavy atom.